The molecule has 0 bridgehead atoms. The van der Waals surface area contributed by atoms with Gasteiger partial charge < -0.3 is 21.3 Å². The van der Waals surface area contributed by atoms with Crippen LogP contribution in [0.5, 0.6) is 0 Å². The molecule has 126 valence electrons. The minimum atomic E-state index is -0.0754. The molecule has 0 aliphatic carbocycles. The van der Waals surface area contributed by atoms with Gasteiger partial charge in [-0.2, -0.15) is 9.97 Å². The summed E-state index contributed by atoms with van der Waals surface area (Å²) >= 11 is 5.91. The van der Waals surface area contributed by atoms with Crippen molar-refractivity contribution in [3.8, 4) is 0 Å². The van der Waals surface area contributed by atoms with E-state index < -0.39 is 0 Å². The van der Waals surface area contributed by atoms with E-state index in [2.05, 4.69) is 19.9 Å². The highest BCUT2D eigenvalue weighted by atomic mass is 35.5. The van der Waals surface area contributed by atoms with Gasteiger partial charge in [0.25, 0.3) is 5.91 Å². The number of amides is 1. The standard InChI is InChI=1S/C15H18ClN7O/c16-11-6-10(8-19-9-11)14(24)23-3-1-2-22(4-5-23)13-7-12(17)20-15(18)21-13/h6-9H,1-5H2,(H4,17,18,20,21). The number of anilines is 3. The van der Waals surface area contributed by atoms with Crippen LogP contribution in [-0.4, -0.2) is 51.9 Å². The maximum absolute atomic E-state index is 12.6. The fourth-order valence-corrected chi connectivity index (χ4v) is 2.87. The molecule has 4 N–H and O–H groups in total. The maximum Gasteiger partial charge on any atom is 0.255 e. The molecule has 2 aromatic heterocycles. The summed E-state index contributed by atoms with van der Waals surface area (Å²) in [6.07, 6.45) is 3.85. The Balaban J connectivity index is 1.72. The average Bonchev–Trinajstić information content (AvgIpc) is 2.79. The molecule has 24 heavy (non-hydrogen) atoms. The van der Waals surface area contributed by atoms with E-state index >= 15 is 0 Å². The summed E-state index contributed by atoms with van der Waals surface area (Å²) in [5, 5.41) is 0.448. The first-order chi connectivity index (χ1) is 11.5. The smallest absolute Gasteiger partial charge is 0.255 e. The number of hydrogen-bond acceptors (Lipinski definition) is 7. The van der Waals surface area contributed by atoms with Crippen molar-refractivity contribution in [2.24, 2.45) is 0 Å². The van der Waals surface area contributed by atoms with E-state index in [0.717, 1.165) is 13.0 Å². The number of nitrogen functional groups attached to an aromatic ring is 2. The summed E-state index contributed by atoms with van der Waals surface area (Å²) in [5.74, 6) is 1.08. The zero-order valence-corrected chi connectivity index (χ0v) is 13.8. The number of nitrogens with two attached hydrogens (primary N) is 2. The van der Waals surface area contributed by atoms with E-state index in [1.807, 2.05) is 0 Å². The van der Waals surface area contributed by atoms with Crippen LogP contribution in [0, 0.1) is 0 Å². The highest BCUT2D eigenvalue weighted by Gasteiger charge is 2.21. The first kappa shape index (κ1) is 16.3. The minimum absolute atomic E-state index is 0.0754. The van der Waals surface area contributed by atoms with Crippen LogP contribution in [0.1, 0.15) is 16.8 Å². The normalized spacial score (nSPS) is 15.2. The lowest BCUT2D eigenvalue weighted by Crippen LogP contribution is -2.35. The highest BCUT2D eigenvalue weighted by molar-refractivity contribution is 6.30. The third-order valence-electron chi connectivity index (χ3n) is 3.81. The quantitative estimate of drug-likeness (QED) is 0.834. The zero-order valence-electron chi connectivity index (χ0n) is 13.0. The molecule has 0 atom stereocenters. The Labute approximate surface area is 144 Å². The summed E-state index contributed by atoms with van der Waals surface area (Å²) in [7, 11) is 0. The second-order valence-corrected chi connectivity index (χ2v) is 5.97. The summed E-state index contributed by atoms with van der Waals surface area (Å²) in [5.41, 5.74) is 11.9. The van der Waals surface area contributed by atoms with Crippen LogP contribution in [0.2, 0.25) is 5.02 Å². The fourth-order valence-electron chi connectivity index (χ4n) is 2.69. The third kappa shape index (κ3) is 3.65. The molecule has 3 heterocycles. The Bertz CT molecular complexity index is 734. The number of pyridine rings is 1. The average molecular weight is 348 g/mol. The first-order valence-electron chi connectivity index (χ1n) is 7.58. The largest absolute Gasteiger partial charge is 0.383 e. The maximum atomic E-state index is 12.6. The number of rotatable bonds is 2. The van der Waals surface area contributed by atoms with Crippen LogP contribution in [0.3, 0.4) is 0 Å². The lowest BCUT2D eigenvalue weighted by atomic mass is 10.2. The van der Waals surface area contributed by atoms with E-state index in [1.54, 1.807) is 17.0 Å². The van der Waals surface area contributed by atoms with Crippen molar-refractivity contribution in [2.75, 3.05) is 42.5 Å². The number of carbonyl (C=O) groups excluding carboxylic acids is 1. The van der Waals surface area contributed by atoms with Crippen molar-refractivity contribution in [2.45, 2.75) is 6.42 Å². The predicted octanol–water partition coefficient (Wildman–Crippen LogP) is 1.04. The molecule has 1 amide bonds. The molecule has 0 saturated carbocycles. The summed E-state index contributed by atoms with van der Waals surface area (Å²) in [4.78, 5) is 28.5. The second kappa shape index (κ2) is 6.88. The molecule has 0 aromatic carbocycles. The predicted molar refractivity (Wildman–Crippen MR) is 92.8 cm³/mol. The van der Waals surface area contributed by atoms with Gasteiger partial charge in [0.1, 0.15) is 11.6 Å². The molecule has 1 fully saturated rings. The molecule has 1 aliphatic heterocycles. The van der Waals surface area contributed by atoms with Crippen LogP contribution < -0.4 is 16.4 Å². The second-order valence-electron chi connectivity index (χ2n) is 5.53. The van der Waals surface area contributed by atoms with Crippen LogP contribution in [0.15, 0.2) is 24.5 Å². The number of halogens is 1. The molecule has 0 unspecified atom stereocenters. The number of nitrogens with zero attached hydrogens (tertiary/aromatic N) is 5. The van der Waals surface area contributed by atoms with Gasteiger partial charge in [0.05, 0.1) is 10.6 Å². The van der Waals surface area contributed by atoms with Gasteiger partial charge in [-0.15, -0.1) is 0 Å². The molecule has 3 rings (SSSR count). The van der Waals surface area contributed by atoms with Crippen LogP contribution >= 0.6 is 11.6 Å². The summed E-state index contributed by atoms with van der Waals surface area (Å²) in [6.45, 7) is 2.61. The Kier molecular flexibility index (Phi) is 4.66. The molecule has 1 saturated heterocycles. The first-order valence-corrected chi connectivity index (χ1v) is 7.95. The third-order valence-corrected chi connectivity index (χ3v) is 4.02. The van der Waals surface area contributed by atoms with Crippen molar-refractivity contribution in [1.29, 1.82) is 0 Å². The molecule has 1 aliphatic rings. The van der Waals surface area contributed by atoms with Gasteiger partial charge in [0, 0.05) is 44.6 Å². The van der Waals surface area contributed by atoms with E-state index in [9.17, 15) is 4.79 Å². The molecule has 0 radical (unpaired) electrons. The van der Waals surface area contributed by atoms with Gasteiger partial charge in [0.15, 0.2) is 0 Å². The van der Waals surface area contributed by atoms with Gasteiger partial charge in [-0.25, -0.2) is 0 Å². The van der Waals surface area contributed by atoms with Gasteiger partial charge in [-0.1, -0.05) is 11.6 Å². The highest BCUT2D eigenvalue weighted by Crippen LogP contribution is 2.18. The minimum Gasteiger partial charge on any atom is -0.383 e. The lowest BCUT2D eigenvalue weighted by Gasteiger charge is -2.23. The van der Waals surface area contributed by atoms with E-state index in [0.29, 0.717) is 41.9 Å². The van der Waals surface area contributed by atoms with E-state index in [-0.39, 0.29) is 11.9 Å². The molecule has 9 heteroatoms. The van der Waals surface area contributed by atoms with Gasteiger partial charge in [-0.05, 0) is 12.5 Å². The number of aromatic nitrogens is 3. The SMILES string of the molecule is Nc1cc(N2CCCN(C(=O)c3cncc(Cl)c3)CC2)nc(N)n1. The summed E-state index contributed by atoms with van der Waals surface area (Å²) in [6, 6.07) is 3.32. The molecule has 0 spiro atoms. The Morgan fingerprint density at radius 3 is 2.67 bits per heavy atom. The Morgan fingerprint density at radius 1 is 1.08 bits per heavy atom. The summed E-state index contributed by atoms with van der Waals surface area (Å²) < 4.78 is 0. The van der Waals surface area contributed by atoms with Crippen molar-refractivity contribution in [1.82, 2.24) is 19.9 Å². The van der Waals surface area contributed by atoms with Crippen molar-refractivity contribution in [3.05, 3.63) is 35.1 Å². The van der Waals surface area contributed by atoms with Crippen LogP contribution in [0.4, 0.5) is 17.6 Å². The van der Waals surface area contributed by atoms with Crippen LogP contribution in [-0.2, 0) is 0 Å². The molecular formula is C15H18ClN7O. The fraction of sp³-hybridized carbons (Fsp3) is 0.333. The molecule has 2 aromatic rings. The topological polar surface area (TPSA) is 114 Å². The van der Waals surface area contributed by atoms with Crippen molar-refractivity contribution >= 4 is 35.1 Å². The van der Waals surface area contributed by atoms with E-state index in [4.69, 9.17) is 23.1 Å². The lowest BCUT2D eigenvalue weighted by molar-refractivity contribution is 0.0766. The van der Waals surface area contributed by atoms with E-state index in [1.165, 1.54) is 12.4 Å². The molecule has 8 nitrogen and oxygen atoms in total. The van der Waals surface area contributed by atoms with Crippen molar-refractivity contribution < 1.29 is 4.79 Å². The zero-order chi connectivity index (χ0) is 17.1. The number of carbonyl (C=O) groups is 1. The van der Waals surface area contributed by atoms with Gasteiger partial charge >= 0.3 is 0 Å². The Morgan fingerprint density at radius 2 is 1.92 bits per heavy atom. The van der Waals surface area contributed by atoms with Gasteiger partial charge in [0.2, 0.25) is 5.95 Å². The Hall–Kier alpha value is -2.61. The molecular weight excluding hydrogens is 330 g/mol. The van der Waals surface area contributed by atoms with Gasteiger partial charge in [-0.3, -0.25) is 9.78 Å². The van der Waals surface area contributed by atoms with Crippen molar-refractivity contribution in [3.63, 3.8) is 0 Å². The monoisotopic (exact) mass is 347 g/mol. The number of hydrogen-bond donors (Lipinski definition) is 2. The van der Waals surface area contributed by atoms with Crippen LogP contribution in [0.25, 0.3) is 0 Å².